The van der Waals surface area contributed by atoms with E-state index in [-0.39, 0.29) is 5.69 Å². The van der Waals surface area contributed by atoms with E-state index >= 15 is 0 Å². The first-order valence-corrected chi connectivity index (χ1v) is 7.46. The summed E-state index contributed by atoms with van der Waals surface area (Å²) < 4.78 is 5.27. The molecule has 0 aliphatic heterocycles. The Hall–Kier alpha value is -3.13. The van der Waals surface area contributed by atoms with E-state index in [2.05, 4.69) is 20.2 Å². The van der Waals surface area contributed by atoms with Gasteiger partial charge in [0.25, 0.3) is 5.91 Å². The van der Waals surface area contributed by atoms with Gasteiger partial charge in [0.2, 0.25) is 0 Å². The van der Waals surface area contributed by atoms with Crippen LogP contribution in [0.1, 0.15) is 10.5 Å². The normalized spacial score (nSPS) is 11.0. The lowest BCUT2D eigenvalue weighted by Gasteiger charge is -2.00. The summed E-state index contributed by atoms with van der Waals surface area (Å²) >= 11 is 1.36. The Morgan fingerprint density at radius 2 is 2.09 bits per heavy atom. The van der Waals surface area contributed by atoms with E-state index in [4.69, 9.17) is 10.2 Å². The highest BCUT2D eigenvalue weighted by Crippen LogP contribution is 2.31. The van der Waals surface area contributed by atoms with E-state index in [1.807, 2.05) is 12.1 Å². The highest BCUT2D eigenvalue weighted by atomic mass is 32.1. The molecule has 112 valence electrons. The Bertz CT molecular complexity index is 1010. The van der Waals surface area contributed by atoms with Crippen LogP contribution in [-0.2, 0) is 0 Å². The third-order valence-electron chi connectivity index (χ3n) is 3.22. The smallest absolute Gasteiger partial charge is 0.271 e. The quantitative estimate of drug-likeness (QED) is 0.620. The van der Waals surface area contributed by atoms with E-state index in [1.54, 1.807) is 24.5 Å². The van der Waals surface area contributed by atoms with Crippen molar-refractivity contribution in [3.63, 3.8) is 0 Å². The molecule has 7 nitrogen and oxygen atoms in total. The first-order valence-electron chi connectivity index (χ1n) is 6.65. The SMILES string of the molecule is NC(=O)c1nc(-c2nnc(-c3cccnc3)s2)cc2ccoc12. The molecule has 8 heteroatoms. The molecule has 0 atom stereocenters. The molecule has 4 rings (SSSR count). The molecule has 0 aliphatic carbocycles. The number of nitrogens with zero attached hydrogens (tertiary/aromatic N) is 4. The van der Waals surface area contributed by atoms with Gasteiger partial charge in [-0.3, -0.25) is 9.78 Å². The molecule has 1 amide bonds. The summed E-state index contributed by atoms with van der Waals surface area (Å²) in [6.45, 7) is 0. The Labute approximate surface area is 133 Å². The summed E-state index contributed by atoms with van der Waals surface area (Å²) in [5.41, 5.74) is 7.24. The van der Waals surface area contributed by atoms with Crippen molar-refractivity contribution < 1.29 is 9.21 Å². The molecule has 0 aliphatic rings. The summed E-state index contributed by atoms with van der Waals surface area (Å²) in [5, 5.41) is 10.4. The van der Waals surface area contributed by atoms with Crippen LogP contribution in [0.2, 0.25) is 0 Å². The summed E-state index contributed by atoms with van der Waals surface area (Å²) in [5.74, 6) is -0.649. The third-order valence-corrected chi connectivity index (χ3v) is 4.22. The molecule has 0 radical (unpaired) electrons. The van der Waals surface area contributed by atoms with Gasteiger partial charge in [-0.25, -0.2) is 4.98 Å². The molecule has 4 heterocycles. The minimum absolute atomic E-state index is 0.0839. The van der Waals surface area contributed by atoms with Crippen LogP contribution in [0.4, 0.5) is 0 Å². The molecule has 23 heavy (non-hydrogen) atoms. The van der Waals surface area contributed by atoms with E-state index in [9.17, 15) is 4.79 Å². The Kier molecular flexibility index (Phi) is 3.09. The highest BCUT2D eigenvalue weighted by molar-refractivity contribution is 7.17. The second-order valence-corrected chi connectivity index (χ2v) is 5.69. The lowest BCUT2D eigenvalue weighted by Crippen LogP contribution is -2.13. The number of rotatable bonds is 3. The predicted molar refractivity (Wildman–Crippen MR) is 84.7 cm³/mol. The topological polar surface area (TPSA) is 108 Å². The maximum atomic E-state index is 11.6. The molecule has 0 spiro atoms. The van der Waals surface area contributed by atoms with Gasteiger partial charge in [-0.05, 0) is 24.3 Å². The van der Waals surface area contributed by atoms with Crippen LogP contribution >= 0.6 is 11.3 Å². The summed E-state index contributed by atoms with van der Waals surface area (Å²) in [6, 6.07) is 7.27. The number of pyridine rings is 2. The molecule has 0 saturated heterocycles. The molecule has 4 aromatic rings. The molecule has 0 aromatic carbocycles. The fraction of sp³-hybridized carbons (Fsp3) is 0. The van der Waals surface area contributed by atoms with Crippen molar-refractivity contribution >= 4 is 28.2 Å². The standard InChI is InChI=1S/C15H9N5O2S/c16-13(21)11-12-8(3-5-22-12)6-10(18-11)15-20-19-14(23-15)9-2-1-4-17-7-9/h1-7H,(H2,16,21). The zero-order valence-corrected chi connectivity index (χ0v) is 12.4. The first kappa shape index (κ1) is 13.5. The van der Waals surface area contributed by atoms with Crippen molar-refractivity contribution in [3.8, 4) is 21.3 Å². The second-order valence-electron chi connectivity index (χ2n) is 4.71. The van der Waals surface area contributed by atoms with E-state index in [0.29, 0.717) is 16.3 Å². The average molecular weight is 323 g/mol. The molecule has 2 N–H and O–H groups in total. The summed E-state index contributed by atoms with van der Waals surface area (Å²) in [7, 11) is 0. The first-order chi connectivity index (χ1) is 11.2. The number of furan rings is 1. The number of aromatic nitrogens is 4. The van der Waals surface area contributed by atoms with E-state index < -0.39 is 5.91 Å². The van der Waals surface area contributed by atoms with Gasteiger partial charge >= 0.3 is 0 Å². The lowest BCUT2D eigenvalue weighted by molar-refractivity contribution is 0.0996. The number of hydrogen-bond acceptors (Lipinski definition) is 7. The Morgan fingerprint density at radius 1 is 1.22 bits per heavy atom. The van der Waals surface area contributed by atoms with Crippen molar-refractivity contribution in [3.05, 3.63) is 48.6 Å². The maximum Gasteiger partial charge on any atom is 0.271 e. The van der Waals surface area contributed by atoms with E-state index in [1.165, 1.54) is 17.6 Å². The molecular weight excluding hydrogens is 314 g/mol. The van der Waals surface area contributed by atoms with Gasteiger partial charge in [-0.2, -0.15) is 0 Å². The summed E-state index contributed by atoms with van der Waals surface area (Å²) in [6.07, 6.45) is 4.90. The van der Waals surface area contributed by atoms with Crippen LogP contribution in [0.3, 0.4) is 0 Å². The second kappa shape index (κ2) is 5.25. The lowest BCUT2D eigenvalue weighted by atomic mass is 10.2. The van der Waals surface area contributed by atoms with Crippen LogP contribution in [0.15, 0.2) is 47.3 Å². The van der Waals surface area contributed by atoms with Gasteiger partial charge < -0.3 is 10.2 Å². The zero-order chi connectivity index (χ0) is 15.8. The van der Waals surface area contributed by atoms with Gasteiger partial charge in [-0.15, -0.1) is 10.2 Å². The Balaban J connectivity index is 1.84. The molecule has 0 unspecified atom stereocenters. The molecule has 0 saturated carbocycles. The van der Waals surface area contributed by atoms with Crippen molar-refractivity contribution in [2.75, 3.05) is 0 Å². The highest BCUT2D eigenvalue weighted by Gasteiger charge is 2.17. The minimum atomic E-state index is -0.649. The molecule has 0 fully saturated rings. The van der Waals surface area contributed by atoms with Crippen LogP contribution in [0.5, 0.6) is 0 Å². The van der Waals surface area contributed by atoms with Gasteiger partial charge in [-0.1, -0.05) is 11.3 Å². The summed E-state index contributed by atoms with van der Waals surface area (Å²) in [4.78, 5) is 19.9. The van der Waals surface area contributed by atoms with Crippen LogP contribution < -0.4 is 5.73 Å². The van der Waals surface area contributed by atoms with Crippen LogP contribution in [-0.4, -0.2) is 26.1 Å². The van der Waals surface area contributed by atoms with Crippen molar-refractivity contribution in [2.45, 2.75) is 0 Å². The van der Waals surface area contributed by atoms with Crippen LogP contribution in [0, 0.1) is 0 Å². The van der Waals surface area contributed by atoms with Crippen LogP contribution in [0.25, 0.3) is 32.2 Å². The van der Waals surface area contributed by atoms with Crippen molar-refractivity contribution in [1.82, 2.24) is 20.2 Å². The van der Waals surface area contributed by atoms with Crippen molar-refractivity contribution in [2.24, 2.45) is 5.73 Å². The fourth-order valence-electron chi connectivity index (χ4n) is 2.19. The third kappa shape index (κ3) is 2.34. The van der Waals surface area contributed by atoms with Gasteiger partial charge in [0.05, 0.1) is 6.26 Å². The Morgan fingerprint density at radius 3 is 2.87 bits per heavy atom. The number of carbonyl (C=O) groups is 1. The monoisotopic (exact) mass is 323 g/mol. The maximum absolute atomic E-state index is 11.6. The van der Waals surface area contributed by atoms with E-state index in [0.717, 1.165) is 16.0 Å². The number of carbonyl (C=O) groups excluding carboxylic acids is 1. The largest absolute Gasteiger partial charge is 0.462 e. The molecule has 0 bridgehead atoms. The zero-order valence-electron chi connectivity index (χ0n) is 11.6. The predicted octanol–water partition coefficient (Wildman–Crippen LogP) is 2.51. The van der Waals surface area contributed by atoms with Gasteiger partial charge in [0.1, 0.15) is 10.7 Å². The fourth-order valence-corrected chi connectivity index (χ4v) is 2.98. The number of amides is 1. The van der Waals surface area contributed by atoms with Crippen molar-refractivity contribution in [1.29, 1.82) is 0 Å². The van der Waals surface area contributed by atoms with Gasteiger partial charge in [0.15, 0.2) is 16.3 Å². The average Bonchev–Trinajstić information content (AvgIpc) is 3.23. The number of nitrogens with two attached hydrogens (primary N) is 1. The molecule has 4 aromatic heterocycles. The number of fused-ring (bicyclic) bond motifs is 1. The number of hydrogen-bond donors (Lipinski definition) is 1. The minimum Gasteiger partial charge on any atom is -0.462 e. The van der Waals surface area contributed by atoms with Gasteiger partial charge in [0, 0.05) is 23.3 Å². The number of primary amides is 1. The molecular formula is C15H9N5O2S.